The maximum atomic E-state index is 10.4. The van der Waals surface area contributed by atoms with Gasteiger partial charge in [0.2, 0.25) is 0 Å². The van der Waals surface area contributed by atoms with Crippen LogP contribution >= 0.6 is 24.8 Å². The van der Waals surface area contributed by atoms with Gasteiger partial charge in [-0.3, -0.25) is 4.90 Å². The Bertz CT molecular complexity index is 309. The Labute approximate surface area is 151 Å². The topological polar surface area (TPSA) is 74.2 Å². The van der Waals surface area contributed by atoms with Crippen molar-refractivity contribution < 1.29 is 19.7 Å². The summed E-state index contributed by atoms with van der Waals surface area (Å²) in [6.45, 7) is 5.23. The van der Waals surface area contributed by atoms with Crippen LogP contribution in [0.5, 0.6) is 0 Å². The highest BCUT2D eigenvalue weighted by Gasteiger charge is 2.44. The van der Waals surface area contributed by atoms with Crippen molar-refractivity contribution in [2.75, 3.05) is 40.0 Å². The van der Waals surface area contributed by atoms with Crippen LogP contribution < -0.4 is 5.32 Å². The second kappa shape index (κ2) is 11.8. The zero-order valence-corrected chi connectivity index (χ0v) is 15.7. The van der Waals surface area contributed by atoms with E-state index >= 15 is 0 Å². The molecule has 2 aliphatic rings. The number of likely N-dealkylation sites (N-methyl/N-ethyl adjacent to an activating group) is 1. The summed E-state index contributed by atoms with van der Waals surface area (Å²) in [5.74, 6) is 0. The zero-order valence-electron chi connectivity index (χ0n) is 14.0. The van der Waals surface area contributed by atoms with Gasteiger partial charge in [0.15, 0.2) is 0 Å². The minimum absolute atomic E-state index is 0. The summed E-state index contributed by atoms with van der Waals surface area (Å²) < 4.78 is 11.2. The Morgan fingerprint density at radius 3 is 2.39 bits per heavy atom. The molecule has 0 bridgehead atoms. The van der Waals surface area contributed by atoms with Crippen molar-refractivity contribution in [3.05, 3.63) is 0 Å². The molecule has 2 rings (SSSR count). The van der Waals surface area contributed by atoms with E-state index in [0.717, 1.165) is 39.0 Å². The highest BCUT2D eigenvalue weighted by Crippen LogP contribution is 2.25. The second-order valence-electron chi connectivity index (χ2n) is 6.15. The molecular weight excluding hydrogens is 343 g/mol. The molecular formula is C15H32Cl2N2O4. The molecule has 23 heavy (non-hydrogen) atoms. The number of nitrogens with zero attached hydrogens (tertiary/aromatic N) is 1. The molecule has 0 radical (unpaired) electrons. The van der Waals surface area contributed by atoms with Crippen LogP contribution in [0, 0.1) is 0 Å². The molecule has 0 unspecified atom stereocenters. The molecule has 8 heteroatoms. The van der Waals surface area contributed by atoms with Gasteiger partial charge in [-0.1, -0.05) is 6.92 Å². The largest absolute Gasteiger partial charge is 0.394 e. The molecule has 0 aromatic heterocycles. The third-order valence-electron chi connectivity index (χ3n) is 4.56. The fraction of sp³-hybridized carbons (Fsp3) is 1.00. The van der Waals surface area contributed by atoms with Crippen LogP contribution in [0.1, 0.15) is 26.2 Å². The minimum Gasteiger partial charge on any atom is -0.394 e. The first kappa shape index (κ1) is 23.3. The van der Waals surface area contributed by atoms with Crippen LogP contribution in [0.2, 0.25) is 0 Å². The number of rotatable bonds is 7. The van der Waals surface area contributed by atoms with Gasteiger partial charge >= 0.3 is 0 Å². The van der Waals surface area contributed by atoms with Gasteiger partial charge in [-0.05, 0) is 32.9 Å². The predicted molar refractivity (Wildman–Crippen MR) is 94.8 cm³/mol. The van der Waals surface area contributed by atoms with Gasteiger partial charge in [-0.2, -0.15) is 0 Å². The van der Waals surface area contributed by atoms with Crippen LogP contribution in [0.15, 0.2) is 0 Å². The smallest absolute Gasteiger partial charge is 0.109 e. The molecule has 4 atom stereocenters. The van der Waals surface area contributed by atoms with Gasteiger partial charge in [-0.25, -0.2) is 0 Å². The maximum absolute atomic E-state index is 10.4. The van der Waals surface area contributed by atoms with Gasteiger partial charge in [-0.15, -0.1) is 24.8 Å². The van der Waals surface area contributed by atoms with Crippen molar-refractivity contribution in [1.82, 2.24) is 10.2 Å². The fourth-order valence-corrected chi connectivity index (χ4v) is 3.38. The lowest BCUT2D eigenvalue weighted by atomic mass is 10.0. The molecule has 2 heterocycles. The first-order valence-corrected chi connectivity index (χ1v) is 8.13. The molecule has 0 aromatic rings. The van der Waals surface area contributed by atoms with Crippen molar-refractivity contribution in [3.8, 4) is 0 Å². The Kier molecular flexibility index (Phi) is 12.0. The Hall–Kier alpha value is 0.340. The quantitative estimate of drug-likeness (QED) is 0.599. The number of halogens is 2. The van der Waals surface area contributed by atoms with Gasteiger partial charge < -0.3 is 25.0 Å². The molecule has 0 saturated carbocycles. The van der Waals surface area contributed by atoms with E-state index in [2.05, 4.69) is 17.1 Å². The van der Waals surface area contributed by atoms with Gasteiger partial charge in [0, 0.05) is 25.8 Å². The maximum Gasteiger partial charge on any atom is 0.109 e. The highest BCUT2D eigenvalue weighted by molar-refractivity contribution is 5.85. The highest BCUT2D eigenvalue weighted by atomic mass is 35.5. The molecule has 3 N–H and O–H groups in total. The first-order valence-electron chi connectivity index (χ1n) is 8.13. The molecule has 0 amide bonds. The number of aliphatic hydroxyl groups is 2. The summed E-state index contributed by atoms with van der Waals surface area (Å²) in [7, 11) is 2.02. The van der Waals surface area contributed by atoms with E-state index in [4.69, 9.17) is 9.47 Å². The standard InChI is InChI=1S/C15H30N2O4.2ClH/c1-3-6-17(2)14-12(21-13(10-18)15(14)19)9-16-11-4-7-20-8-5-11;;/h11-16,18-19H,3-10H2,1-2H3;2*1H/t12-,13+,14+,15-;;/m1../s1. The van der Waals surface area contributed by atoms with Crippen molar-refractivity contribution in [2.24, 2.45) is 0 Å². The predicted octanol–water partition coefficient (Wildman–Crippen LogP) is 0.430. The zero-order chi connectivity index (χ0) is 15.2. The molecule has 2 fully saturated rings. The Morgan fingerprint density at radius 2 is 1.83 bits per heavy atom. The SMILES string of the molecule is CCCN(C)[C@@H]1[C@H](O)[C@H](CO)O[C@@H]1CNC1CCOCC1.Cl.Cl. The van der Waals surface area contributed by atoms with Crippen LogP contribution in [0.4, 0.5) is 0 Å². The lowest BCUT2D eigenvalue weighted by Crippen LogP contribution is -2.50. The van der Waals surface area contributed by atoms with Crippen LogP contribution in [0.3, 0.4) is 0 Å². The summed E-state index contributed by atoms with van der Waals surface area (Å²) in [5, 5.41) is 23.3. The van der Waals surface area contributed by atoms with Gasteiger partial charge in [0.25, 0.3) is 0 Å². The Balaban J connectivity index is 0.00000242. The fourth-order valence-electron chi connectivity index (χ4n) is 3.38. The minimum atomic E-state index is -0.631. The first-order chi connectivity index (χ1) is 10.2. The molecule has 0 spiro atoms. The lowest BCUT2D eigenvalue weighted by Gasteiger charge is -2.31. The number of ether oxygens (including phenoxy) is 2. The van der Waals surface area contributed by atoms with E-state index in [1.54, 1.807) is 0 Å². The van der Waals surface area contributed by atoms with Crippen LogP contribution in [0.25, 0.3) is 0 Å². The van der Waals surface area contributed by atoms with Crippen molar-refractivity contribution in [2.45, 2.75) is 56.6 Å². The van der Waals surface area contributed by atoms with Crippen molar-refractivity contribution in [1.29, 1.82) is 0 Å². The van der Waals surface area contributed by atoms with E-state index in [1.165, 1.54) is 0 Å². The van der Waals surface area contributed by atoms with Crippen molar-refractivity contribution >= 4 is 24.8 Å². The molecule has 0 aromatic carbocycles. The summed E-state index contributed by atoms with van der Waals surface area (Å²) in [4.78, 5) is 2.15. The van der Waals surface area contributed by atoms with E-state index in [9.17, 15) is 10.2 Å². The third kappa shape index (κ3) is 6.29. The molecule has 2 saturated heterocycles. The van der Waals surface area contributed by atoms with E-state index in [1.807, 2.05) is 7.05 Å². The van der Waals surface area contributed by atoms with E-state index in [-0.39, 0.29) is 43.6 Å². The number of nitrogens with one attached hydrogen (secondary N) is 1. The summed E-state index contributed by atoms with van der Waals surface area (Å²) in [6, 6.07) is 0.402. The van der Waals surface area contributed by atoms with E-state index in [0.29, 0.717) is 12.6 Å². The van der Waals surface area contributed by atoms with Crippen molar-refractivity contribution in [3.63, 3.8) is 0 Å². The monoisotopic (exact) mass is 374 g/mol. The van der Waals surface area contributed by atoms with Gasteiger partial charge in [0.1, 0.15) is 12.2 Å². The second-order valence-corrected chi connectivity index (χ2v) is 6.15. The Morgan fingerprint density at radius 1 is 1.17 bits per heavy atom. The number of aliphatic hydroxyl groups excluding tert-OH is 2. The molecule has 2 aliphatic heterocycles. The summed E-state index contributed by atoms with van der Waals surface area (Å²) in [6.07, 6.45) is 1.88. The summed E-state index contributed by atoms with van der Waals surface area (Å²) in [5.41, 5.74) is 0. The molecule has 6 nitrogen and oxygen atoms in total. The molecule has 0 aliphatic carbocycles. The van der Waals surface area contributed by atoms with Crippen LogP contribution in [-0.4, -0.2) is 85.5 Å². The normalized spacial score (nSPS) is 31.7. The molecule has 140 valence electrons. The average molecular weight is 375 g/mol. The van der Waals surface area contributed by atoms with Crippen LogP contribution in [-0.2, 0) is 9.47 Å². The van der Waals surface area contributed by atoms with E-state index < -0.39 is 12.2 Å². The number of hydrogen-bond acceptors (Lipinski definition) is 6. The lowest BCUT2D eigenvalue weighted by molar-refractivity contribution is -0.0229. The summed E-state index contributed by atoms with van der Waals surface area (Å²) >= 11 is 0. The average Bonchev–Trinajstić information content (AvgIpc) is 2.82. The number of hydrogen-bond donors (Lipinski definition) is 3. The third-order valence-corrected chi connectivity index (χ3v) is 4.56. The van der Waals surface area contributed by atoms with Gasteiger partial charge in [0.05, 0.1) is 18.8 Å².